The molecule has 0 aliphatic heterocycles. The molecule has 0 atom stereocenters. The van der Waals surface area contributed by atoms with E-state index in [-0.39, 0.29) is 18.5 Å². The second kappa shape index (κ2) is 7.20. The molecule has 0 aliphatic carbocycles. The van der Waals surface area contributed by atoms with Crippen molar-refractivity contribution < 1.29 is 31.1 Å². The van der Waals surface area contributed by atoms with Crippen molar-refractivity contribution in [2.24, 2.45) is 5.92 Å². The van der Waals surface area contributed by atoms with Crippen LogP contribution in [0, 0.1) is 5.92 Å². The smallest absolute Gasteiger partial charge is 0.325 e. The minimum absolute atomic E-state index is 0.00662. The van der Waals surface area contributed by atoms with E-state index in [1.165, 1.54) is 0 Å². The monoisotopic (exact) mass is 342 g/mol. The molecular formula is C14H16F6N2O. The fourth-order valence-corrected chi connectivity index (χ4v) is 1.71. The zero-order valence-electron chi connectivity index (χ0n) is 12.4. The quantitative estimate of drug-likeness (QED) is 0.797. The van der Waals surface area contributed by atoms with Crippen molar-refractivity contribution in [1.82, 2.24) is 5.32 Å². The molecule has 3 nitrogen and oxygen atoms in total. The van der Waals surface area contributed by atoms with Crippen LogP contribution < -0.4 is 10.6 Å². The standard InChI is InChI=1S/C14H16F6N2O/c1-8(2)6-21-7-12(23)22-11-4-9(13(15,16)17)3-10(5-11)14(18,19)20/h3-5,8,21H,6-7H2,1-2H3,(H,22,23). The normalized spacial score (nSPS) is 12.6. The number of alkyl halides is 6. The van der Waals surface area contributed by atoms with Crippen LogP contribution in [0.5, 0.6) is 0 Å². The third-order valence-electron chi connectivity index (χ3n) is 2.71. The van der Waals surface area contributed by atoms with Crippen LogP contribution in [0.1, 0.15) is 25.0 Å². The van der Waals surface area contributed by atoms with Crippen molar-refractivity contribution in [2.75, 3.05) is 18.4 Å². The van der Waals surface area contributed by atoms with Gasteiger partial charge in [-0.15, -0.1) is 0 Å². The summed E-state index contributed by atoms with van der Waals surface area (Å²) < 4.78 is 76.0. The van der Waals surface area contributed by atoms with E-state index in [0.29, 0.717) is 18.7 Å². The van der Waals surface area contributed by atoms with Gasteiger partial charge in [-0.3, -0.25) is 4.79 Å². The van der Waals surface area contributed by atoms with Crippen molar-refractivity contribution in [3.8, 4) is 0 Å². The highest BCUT2D eigenvalue weighted by Crippen LogP contribution is 2.37. The first-order valence-electron chi connectivity index (χ1n) is 6.69. The Morgan fingerprint density at radius 1 is 1.00 bits per heavy atom. The Morgan fingerprint density at radius 3 is 1.87 bits per heavy atom. The van der Waals surface area contributed by atoms with Crippen LogP contribution in [0.4, 0.5) is 32.0 Å². The fraction of sp³-hybridized carbons (Fsp3) is 0.500. The molecule has 1 amide bonds. The number of benzene rings is 1. The van der Waals surface area contributed by atoms with Gasteiger partial charge in [0.1, 0.15) is 0 Å². The number of amides is 1. The molecule has 1 rings (SSSR count). The average Bonchev–Trinajstić information content (AvgIpc) is 2.35. The zero-order valence-corrected chi connectivity index (χ0v) is 12.4. The third-order valence-corrected chi connectivity index (χ3v) is 2.71. The molecule has 23 heavy (non-hydrogen) atoms. The molecule has 0 aromatic heterocycles. The zero-order chi connectivity index (χ0) is 17.8. The Bertz CT molecular complexity index is 519. The van der Waals surface area contributed by atoms with E-state index in [1.54, 1.807) is 0 Å². The number of hydrogen-bond acceptors (Lipinski definition) is 2. The van der Waals surface area contributed by atoms with E-state index in [1.807, 2.05) is 19.2 Å². The van der Waals surface area contributed by atoms with Crippen molar-refractivity contribution in [3.63, 3.8) is 0 Å². The van der Waals surface area contributed by atoms with E-state index in [4.69, 9.17) is 0 Å². The summed E-state index contributed by atoms with van der Waals surface area (Å²) in [6, 6.07) is 0.942. The summed E-state index contributed by atoms with van der Waals surface area (Å²) >= 11 is 0. The van der Waals surface area contributed by atoms with Crippen molar-refractivity contribution >= 4 is 11.6 Å². The lowest BCUT2D eigenvalue weighted by Gasteiger charge is -2.15. The van der Waals surface area contributed by atoms with Gasteiger partial charge in [0.2, 0.25) is 5.91 Å². The maximum atomic E-state index is 12.7. The number of nitrogens with one attached hydrogen (secondary N) is 2. The van der Waals surface area contributed by atoms with E-state index in [0.717, 1.165) is 0 Å². The van der Waals surface area contributed by atoms with Crippen molar-refractivity contribution in [1.29, 1.82) is 0 Å². The summed E-state index contributed by atoms with van der Waals surface area (Å²) in [7, 11) is 0. The Morgan fingerprint density at radius 2 is 1.48 bits per heavy atom. The highest BCUT2D eigenvalue weighted by molar-refractivity contribution is 5.92. The van der Waals surface area contributed by atoms with Crippen LogP contribution in [0.2, 0.25) is 0 Å². The largest absolute Gasteiger partial charge is 0.416 e. The van der Waals surface area contributed by atoms with Gasteiger partial charge in [0, 0.05) is 5.69 Å². The Hall–Kier alpha value is -1.77. The van der Waals surface area contributed by atoms with Crippen LogP contribution in [0.15, 0.2) is 18.2 Å². The summed E-state index contributed by atoms with van der Waals surface area (Å²) in [4.78, 5) is 11.6. The summed E-state index contributed by atoms with van der Waals surface area (Å²) in [6.07, 6.45) is -9.90. The number of rotatable bonds is 5. The minimum atomic E-state index is -4.95. The van der Waals surface area contributed by atoms with Crippen LogP contribution in [0.25, 0.3) is 0 Å². The van der Waals surface area contributed by atoms with Crippen LogP contribution in [-0.4, -0.2) is 19.0 Å². The summed E-state index contributed by atoms with van der Waals surface area (Å²) in [6.45, 7) is 4.04. The van der Waals surface area contributed by atoms with Gasteiger partial charge in [0.15, 0.2) is 0 Å². The molecule has 1 aromatic carbocycles. The van der Waals surface area contributed by atoms with Gasteiger partial charge in [0.25, 0.3) is 0 Å². The molecule has 9 heteroatoms. The predicted molar refractivity (Wildman–Crippen MR) is 72.8 cm³/mol. The average molecular weight is 342 g/mol. The molecule has 130 valence electrons. The van der Waals surface area contributed by atoms with Crippen LogP contribution >= 0.6 is 0 Å². The van der Waals surface area contributed by atoms with Crippen LogP contribution in [0.3, 0.4) is 0 Å². The van der Waals surface area contributed by atoms with Gasteiger partial charge in [-0.1, -0.05) is 13.8 Å². The second-order valence-corrected chi connectivity index (χ2v) is 5.37. The molecule has 0 radical (unpaired) electrons. The van der Waals surface area contributed by atoms with Crippen molar-refractivity contribution in [2.45, 2.75) is 26.2 Å². The van der Waals surface area contributed by atoms with Gasteiger partial charge in [-0.25, -0.2) is 0 Å². The number of anilines is 1. The maximum Gasteiger partial charge on any atom is 0.416 e. The highest BCUT2D eigenvalue weighted by atomic mass is 19.4. The molecule has 0 heterocycles. The Balaban J connectivity index is 2.95. The summed E-state index contributed by atoms with van der Waals surface area (Å²) in [5, 5.41) is 4.78. The number of carbonyl (C=O) groups excluding carboxylic acids is 1. The third kappa shape index (κ3) is 6.47. The Kier molecular flexibility index (Phi) is 6.04. The lowest BCUT2D eigenvalue weighted by atomic mass is 10.1. The van der Waals surface area contributed by atoms with Crippen LogP contribution in [-0.2, 0) is 17.1 Å². The molecular weight excluding hydrogens is 326 g/mol. The SMILES string of the molecule is CC(C)CNCC(=O)Nc1cc(C(F)(F)F)cc(C(F)(F)F)c1. The summed E-state index contributed by atoms with van der Waals surface area (Å²) in [5.74, 6) is -0.480. The molecule has 0 bridgehead atoms. The van der Waals surface area contributed by atoms with Gasteiger partial charge >= 0.3 is 12.4 Å². The number of carbonyl (C=O) groups is 1. The lowest BCUT2D eigenvalue weighted by Crippen LogP contribution is -2.30. The fourth-order valence-electron chi connectivity index (χ4n) is 1.71. The van der Waals surface area contributed by atoms with Crippen molar-refractivity contribution in [3.05, 3.63) is 29.3 Å². The first-order chi connectivity index (χ1) is 10.4. The molecule has 0 saturated carbocycles. The van der Waals surface area contributed by atoms with Gasteiger partial charge in [-0.05, 0) is 30.7 Å². The van der Waals surface area contributed by atoms with Gasteiger partial charge < -0.3 is 10.6 Å². The number of hydrogen-bond donors (Lipinski definition) is 2. The molecule has 0 aliphatic rings. The molecule has 2 N–H and O–H groups in total. The van der Waals surface area contributed by atoms with E-state index in [2.05, 4.69) is 5.32 Å². The number of halogens is 6. The molecule has 0 fully saturated rings. The minimum Gasteiger partial charge on any atom is -0.325 e. The van der Waals surface area contributed by atoms with E-state index in [9.17, 15) is 31.1 Å². The lowest BCUT2D eigenvalue weighted by molar-refractivity contribution is -0.143. The second-order valence-electron chi connectivity index (χ2n) is 5.37. The highest BCUT2D eigenvalue weighted by Gasteiger charge is 2.37. The summed E-state index contributed by atoms with van der Waals surface area (Å²) in [5.41, 5.74) is -3.50. The molecule has 0 saturated heterocycles. The van der Waals surface area contributed by atoms with Gasteiger partial charge in [-0.2, -0.15) is 26.3 Å². The van der Waals surface area contributed by atoms with Gasteiger partial charge in [0.05, 0.1) is 17.7 Å². The Labute approximate surface area is 129 Å². The maximum absolute atomic E-state index is 12.7. The molecule has 0 unspecified atom stereocenters. The van der Waals surface area contributed by atoms with E-state index >= 15 is 0 Å². The first kappa shape index (κ1) is 19.3. The predicted octanol–water partition coefficient (Wildman–Crippen LogP) is 3.91. The molecule has 1 aromatic rings. The van der Waals surface area contributed by atoms with E-state index < -0.39 is 35.1 Å². The first-order valence-corrected chi connectivity index (χ1v) is 6.69. The topological polar surface area (TPSA) is 41.1 Å². The molecule has 0 spiro atoms.